The highest BCUT2D eigenvalue weighted by Crippen LogP contribution is 2.33. The molecular weight excluding hydrogens is 250 g/mol. The van der Waals surface area contributed by atoms with Crippen LogP contribution in [0.5, 0.6) is 11.6 Å². The highest BCUT2D eigenvalue weighted by molar-refractivity contribution is 6.32. The van der Waals surface area contributed by atoms with Crippen LogP contribution >= 0.6 is 11.6 Å². The van der Waals surface area contributed by atoms with E-state index in [0.717, 1.165) is 22.4 Å². The molecule has 0 saturated heterocycles. The first kappa shape index (κ1) is 12.6. The highest BCUT2D eigenvalue weighted by Gasteiger charge is 2.12. The zero-order valence-electron chi connectivity index (χ0n) is 10.5. The molecule has 0 unspecified atom stereocenters. The molecule has 1 aromatic heterocycles. The van der Waals surface area contributed by atoms with Gasteiger partial charge in [0.25, 0.3) is 0 Å². The summed E-state index contributed by atoms with van der Waals surface area (Å²) < 4.78 is 5.77. The number of nitrogens with two attached hydrogens (primary N) is 1. The second-order valence-electron chi connectivity index (χ2n) is 4.14. The Morgan fingerprint density at radius 2 is 1.78 bits per heavy atom. The predicted molar refractivity (Wildman–Crippen MR) is 72.2 cm³/mol. The molecule has 0 bridgehead atoms. The van der Waals surface area contributed by atoms with E-state index in [2.05, 4.69) is 9.97 Å². The van der Waals surface area contributed by atoms with E-state index < -0.39 is 0 Å². The minimum absolute atomic E-state index is 0.197. The van der Waals surface area contributed by atoms with Crippen molar-refractivity contribution in [3.05, 3.63) is 40.3 Å². The number of aromatic nitrogens is 2. The Kier molecular flexibility index (Phi) is 3.39. The van der Waals surface area contributed by atoms with Crippen LogP contribution in [0.1, 0.15) is 16.7 Å². The Bertz CT molecular complexity index is 599. The molecule has 0 atom stereocenters. The molecule has 0 aliphatic rings. The van der Waals surface area contributed by atoms with Crippen LogP contribution in [-0.2, 0) is 0 Å². The average molecular weight is 264 g/mol. The monoisotopic (exact) mass is 263 g/mol. The first-order valence-electron chi connectivity index (χ1n) is 5.51. The maximum absolute atomic E-state index is 5.83. The Balaban J connectivity index is 2.46. The summed E-state index contributed by atoms with van der Waals surface area (Å²) in [6.07, 6.45) is 1.33. The topological polar surface area (TPSA) is 61.0 Å². The first-order valence-corrected chi connectivity index (χ1v) is 5.89. The Morgan fingerprint density at radius 3 is 2.50 bits per heavy atom. The van der Waals surface area contributed by atoms with Crippen molar-refractivity contribution in [2.75, 3.05) is 5.73 Å². The number of anilines is 1. The van der Waals surface area contributed by atoms with E-state index in [9.17, 15) is 0 Å². The van der Waals surface area contributed by atoms with Crippen molar-refractivity contribution in [1.82, 2.24) is 9.97 Å². The van der Waals surface area contributed by atoms with E-state index in [1.807, 2.05) is 32.9 Å². The van der Waals surface area contributed by atoms with Crippen molar-refractivity contribution in [3.8, 4) is 11.6 Å². The number of nitrogens with zero attached hydrogens (tertiary/aromatic N) is 2. The van der Waals surface area contributed by atoms with Gasteiger partial charge in [0.15, 0.2) is 5.15 Å². The van der Waals surface area contributed by atoms with E-state index in [1.54, 1.807) is 0 Å². The lowest BCUT2D eigenvalue weighted by molar-refractivity contribution is 0.457. The zero-order valence-corrected chi connectivity index (χ0v) is 11.2. The SMILES string of the molecule is Cc1ccc(C)c(Oc2ncnc(Cl)c2N)c1C. The van der Waals surface area contributed by atoms with Gasteiger partial charge in [0.05, 0.1) is 0 Å². The lowest BCUT2D eigenvalue weighted by Gasteiger charge is -2.14. The number of benzene rings is 1. The molecule has 0 spiro atoms. The van der Waals surface area contributed by atoms with E-state index in [0.29, 0.717) is 0 Å². The van der Waals surface area contributed by atoms with Gasteiger partial charge in [-0.05, 0) is 37.5 Å². The fraction of sp³-hybridized carbons (Fsp3) is 0.231. The lowest BCUT2D eigenvalue weighted by atomic mass is 10.1. The van der Waals surface area contributed by atoms with Crippen LogP contribution in [0, 0.1) is 20.8 Å². The van der Waals surface area contributed by atoms with Gasteiger partial charge in [-0.25, -0.2) is 4.98 Å². The third-order valence-corrected chi connectivity index (χ3v) is 3.17. The Morgan fingerprint density at radius 1 is 1.11 bits per heavy atom. The number of rotatable bonds is 2. The number of aryl methyl sites for hydroxylation is 2. The molecule has 0 fully saturated rings. The molecule has 18 heavy (non-hydrogen) atoms. The van der Waals surface area contributed by atoms with Gasteiger partial charge in [-0.1, -0.05) is 23.7 Å². The van der Waals surface area contributed by atoms with Gasteiger partial charge >= 0.3 is 0 Å². The van der Waals surface area contributed by atoms with Gasteiger partial charge in [-0.3, -0.25) is 0 Å². The van der Waals surface area contributed by atoms with Crippen LogP contribution in [0.4, 0.5) is 5.69 Å². The smallest absolute Gasteiger partial charge is 0.247 e. The van der Waals surface area contributed by atoms with Crippen LogP contribution in [0.25, 0.3) is 0 Å². The summed E-state index contributed by atoms with van der Waals surface area (Å²) in [5, 5.41) is 0.197. The first-order chi connectivity index (χ1) is 8.50. The second-order valence-corrected chi connectivity index (χ2v) is 4.50. The van der Waals surface area contributed by atoms with Crippen molar-refractivity contribution in [3.63, 3.8) is 0 Å². The molecule has 94 valence electrons. The lowest BCUT2D eigenvalue weighted by Crippen LogP contribution is -2.00. The summed E-state index contributed by atoms with van der Waals surface area (Å²) in [7, 11) is 0. The maximum atomic E-state index is 5.83. The van der Waals surface area contributed by atoms with Gasteiger partial charge < -0.3 is 10.5 Å². The largest absolute Gasteiger partial charge is 0.436 e. The minimum atomic E-state index is 0.197. The van der Waals surface area contributed by atoms with Gasteiger partial charge in [-0.2, -0.15) is 4.98 Å². The summed E-state index contributed by atoms with van der Waals surface area (Å²) in [5.41, 5.74) is 9.26. The zero-order chi connectivity index (χ0) is 13.3. The van der Waals surface area contributed by atoms with Gasteiger partial charge in [0.2, 0.25) is 5.88 Å². The fourth-order valence-corrected chi connectivity index (χ4v) is 1.74. The van der Waals surface area contributed by atoms with Crippen molar-refractivity contribution < 1.29 is 4.74 Å². The van der Waals surface area contributed by atoms with Crippen LogP contribution in [0.2, 0.25) is 5.15 Å². The quantitative estimate of drug-likeness (QED) is 0.844. The van der Waals surface area contributed by atoms with Crippen LogP contribution in [0.15, 0.2) is 18.5 Å². The Labute approximate surface area is 111 Å². The molecule has 2 aromatic rings. The molecule has 0 aliphatic heterocycles. The summed E-state index contributed by atoms with van der Waals surface area (Å²) in [4.78, 5) is 7.80. The third kappa shape index (κ3) is 2.24. The Hall–Kier alpha value is -1.81. The van der Waals surface area contributed by atoms with E-state index >= 15 is 0 Å². The number of ether oxygens (including phenoxy) is 1. The summed E-state index contributed by atoms with van der Waals surface area (Å²) >= 11 is 5.83. The van der Waals surface area contributed by atoms with Crippen molar-refractivity contribution in [2.45, 2.75) is 20.8 Å². The summed E-state index contributed by atoms with van der Waals surface area (Å²) in [5.74, 6) is 1.04. The molecule has 1 heterocycles. The minimum Gasteiger partial charge on any atom is -0.436 e. The number of hydrogen-bond acceptors (Lipinski definition) is 4. The molecule has 2 rings (SSSR count). The summed E-state index contributed by atoms with van der Waals surface area (Å²) in [6.45, 7) is 6.00. The standard InChI is InChI=1S/C13H14ClN3O/c1-7-4-5-8(2)11(9(7)3)18-13-10(15)12(14)16-6-17-13/h4-6H,15H2,1-3H3. The van der Waals surface area contributed by atoms with Gasteiger partial charge in [-0.15, -0.1) is 0 Å². The van der Waals surface area contributed by atoms with Crippen molar-refractivity contribution in [2.24, 2.45) is 0 Å². The van der Waals surface area contributed by atoms with Crippen LogP contribution in [0.3, 0.4) is 0 Å². The van der Waals surface area contributed by atoms with E-state index in [-0.39, 0.29) is 16.7 Å². The molecule has 1 aromatic carbocycles. The molecule has 0 amide bonds. The number of hydrogen-bond donors (Lipinski definition) is 1. The van der Waals surface area contributed by atoms with E-state index in [4.69, 9.17) is 22.1 Å². The predicted octanol–water partition coefficient (Wildman–Crippen LogP) is 3.43. The highest BCUT2D eigenvalue weighted by atomic mass is 35.5. The normalized spacial score (nSPS) is 10.4. The van der Waals surface area contributed by atoms with Crippen LogP contribution in [-0.4, -0.2) is 9.97 Å². The molecule has 5 heteroatoms. The van der Waals surface area contributed by atoms with Crippen LogP contribution < -0.4 is 10.5 Å². The molecule has 0 radical (unpaired) electrons. The average Bonchev–Trinajstić information content (AvgIpc) is 2.35. The van der Waals surface area contributed by atoms with E-state index in [1.165, 1.54) is 6.33 Å². The third-order valence-electron chi connectivity index (χ3n) is 2.87. The summed E-state index contributed by atoms with van der Waals surface area (Å²) in [6, 6.07) is 4.05. The van der Waals surface area contributed by atoms with Gasteiger partial charge in [0.1, 0.15) is 17.8 Å². The maximum Gasteiger partial charge on any atom is 0.247 e. The number of nitrogen functional groups attached to an aromatic ring is 1. The molecule has 2 N–H and O–H groups in total. The molecule has 0 aliphatic carbocycles. The fourth-order valence-electron chi connectivity index (χ4n) is 1.62. The van der Waals surface area contributed by atoms with Gasteiger partial charge in [0, 0.05) is 0 Å². The molecular formula is C13H14ClN3O. The van der Waals surface area contributed by atoms with Crippen molar-refractivity contribution >= 4 is 17.3 Å². The molecule has 4 nitrogen and oxygen atoms in total. The number of halogens is 1. The molecule has 0 saturated carbocycles. The second kappa shape index (κ2) is 4.82. The van der Waals surface area contributed by atoms with Crippen molar-refractivity contribution in [1.29, 1.82) is 0 Å².